The molecule has 0 aromatic heterocycles. The highest BCUT2D eigenvalue weighted by Gasteiger charge is 2.20. The van der Waals surface area contributed by atoms with Crippen LogP contribution >= 0.6 is 0 Å². The normalized spacial score (nSPS) is 21.5. The molecular weight excluding hydrogens is 297 g/mol. The number of unbranched alkanes of at least 4 members (excludes halogenated alkanes) is 2. The molecule has 130 valence electrons. The van der Waals surface area contributed by atoms with E-state index in [1.54, 1.807) is 6.07 Å². The molecule has 0 saturated heterocycles. The van der Waals surface area contributed by atoms with E-state index in [0.29, 0.717) is 0 Å². The van der Waals surface area contributed by atoms with E-state index in [1.807, 2.05) is 0 Å². The third kappa shape index (κ3) is 6.48. The molecule has 0 bridgehead atoms. The summed E-state index contributed by atoms with van der Waals surface area (Å²) in [4.78, 5) is 0. The Kier molecular flexibility index (Phi) is 8.02. The van der Waals surface area contributed by atoms with Crippen LogP contribution in [0.25, 0.3) is 0 Å². The van der Waals surface area contributed by atoms with E-state index in [9.17, 15) is 4.39 Å². The zero-order valence-corrected chi connectivity index (χ0v) is 14.9. The lowest BCUT2D eigenvalue weighted by Crippen LogP contribution is -2.14. The molecule has 1 aliphatic rings. The molecule has 0 N–H and O–H groups in total. The van der Waals surface area contributed by atoms with Gasteiger partial charge in [0.25, 0.3) is 0 Å². The van der Waals surface area contributed by atoms with Gasteiger partial charge in [-0.15, -0.1) is 0 Å². The molecule has 0 spiro atoms. The number of rotatable bonds is 8. The molecule has 1 fully saturated rings. The minimum atomic E-state index is -0.613. The second kappa shape index (κ2) is 10.3. The molecule has 1 nitrogen and oxygen atoms in total. The zero-order chi connectivity index (χ0) is 17.2. The maximum atomic E-state index is 13.0. The number of allylic oxidation sites excluding steroid dienone is 2. The Morgan fingerprint density at radius 3 is 2.29 bits per heavy atom. The minimum absolute atomic E-state index is 0.267. The van der Waals surface area contributed by atoms with Gasteiger partial charge in [-0.05, 0) is 80.4 Å². The van der Waals surface area contributed by atoms with Crippen molar-refractivity contribution < 1.29 is 4.39 Å². The number of benzene rings is 1. The molecule has 2 heteroatoms. The summed E-state index contributed by atoms with van der Waals surface area (Å²) in [5.74, 6) is 0.407. The summed E-state index contributed by atoms with van der Waals surface area (Å²) in [7, 11) is 0. The summed E-state index contributed by atoms with van der Waals surface area (Å²) in [5, 5.41) is 8.51. The van der Waals surface area contributed by atoms with E-state index in [0.717, 1.165) is 38.0 Å². The number of hydrogen-bond acceptors (Lipinski definition) is 1. The SMILES string of the molecule is CCCCCc1ccc(CCC2CCC(C=C(F)C#N)CC2)cc1. The van der Waals surface area contributed by atoms with Crippen molar-refractivity contribution in [3.8, 4) is 6.07 Å². The smallest absolute Gasteiger partial charge is 0.195 e. The molecule has 1 aromatic carbocycles. The molecule has 1 aliphatic carbocycles. The fourth-order valence-corrected chi connectivity index (χ4v) is 3.71. The van der Waals surface area contributed by atoms with Crippen molar-refractivity contribution in [2.24, 2.45) is 11.8 Å². The van der Waals surface area contributed by atoms with E-state index in [1.165, 1.54) is 49.3 Å². The lowest BCUT2D eigenvalue weighted by atomic mass is 9.79. The lowest BCUT2D eigenvalue weighted by molar-refractivity contribution is 0.294. The van der Waals surface area contributed by atoms with Crippen molar-refractivity contribution in [2.45, 2.75) is 71.1 Å². The second-order valence-electron chi connectivity index (χ2n) is 7.22. The highest BCUT2D eigenvalue weighted by molar-refractivity contribution is 5.22. The van der Waals surface area contributed by atoms with Crippen LogP contribution < -0.4 is 0 Å². The molecule has 0 aliphatic heterocycles. The standard InChI is InChI=1S/C22H30FN/c1-2-3-4-5-18-6-8-19(9-7-18)10-11-20-12-14-21(15-13-20)16-22(23)17-24/h6-9,16,20-21H,2-5,10-15H2,1H3. The van der Waals surface area contributed by atoms with Gasteiger partial charge in [0.15, 0.2) is 5.83 Å². The van der Waals surface area contributed by atoms with Crippen molar-refractivity contribution >= 4 is 0 Å². The Bertz CT molecular complexity index is 544. The Morgan fingerprint density at radius 1 is 1.08 bits per heavy atom. The summed E-state index contributed by atoms with van der Waals surface area (Å²) in [6, 6.07) is 10.7. The van der Waals surface area contributed by atoms with Crippen molar-refractivity contribution in [2.75, 3.05) is 0 Å². The Morgan fingerprint density at radius 2 is 1.71 bits per heavy atom. The van der Waals surface area contributed by atoms with Gasteiger partial charge in [-0.2, -0.15) is 9.65 Å². The number of aryl methyl sites for hydroxylation is 2. The van der Waals surface area contributed by atoms with Crippen LogP contribution in [0.4, 0.5) is 4.39 Å². The monoisotopic (exact) mass is 327 g/mol. The molecule has 24 heavy (non-hydrogen) atoms. The predicted octanol–water partition coefficient (Wildman–Crippen LogP) is 6.54. The van der Waals surface area contributed by atoms with Gasteiger partial charge in [-0.3, -0.25) is 0 Å². The second-order valence-corrected chi connectivity index (χ2v) is 7.22. The van der Waals surface area contributed by atoms with Gasteiger partial charge in [0.05, 0.1) is 0 Å². The average Bonchev–Trinajstić information content (AvgIpc) is 2.62. The largest absolute Gasteiger partial charge is 0.196 e. The van der Waals surface area contributed by atoms with Crippen LogP contribution in [0.15, 0.2) is 36.2 Å². The summed E-state index contributed by atoms with van der Waals surface area (Å²) < 4.78 is 13.0. The fourth-order valence-electron chi connectivity index (χ4n) is 3.71. The van der Waals surface area contributed by atoms with E-state index in [2.05, 4.69) is 31.2 Å². The molecule has 0 amide bonds. The molecule has 2 rings (SSSR count). The first kappa shape index (κ1) is 18.7. The highest BCUT2D eigenvalue weighted by atomic mass is 19.1. The van der Waals surface area contributed by atoms with Crippen LogP contribution in [0.1, 0.15) is 69.4 Å². The van der Waals surface area contributed by atoms with Crippen molar-refractivity contribution in [3.05, 3.63) is 47.3 Å². The van der Waals surface area contributed by atoms with Gasteiger partial charge < -0.3 is 0 Å². The van der Waals surface area contributed by atoms with Gasteiger partial charge >= 0.3 is 0 Å². The minimum Gasteiger partial charge on any atom is -0.195 e. The van der Waals surface area contributed by atoms with E-state index >= 15 is 0 Å². The maximum absolute atomic E-state index is 13.0. The Balaban J connectivity index is 1.70. The molecular formula is C22H30FN. The Hall–Kier alpha value is -1.62. The number of nitriles is 1. The number of nitrogens with zero attached hydrogens (tertiary/aromatic N) is 1. The zero-order valence-electron chi connectivity index (χ0n) is 14.9. The summed E-state index contributed by atoms with van der Waals surface area (Å²) in [6.45, 7) is 2.24. The van der Waals surface area contributed by atoms with Crippen LogP contribution in [0.5, 0.6) is 0 Å². The molecule has 0 unspecified atom stereocenters. The molecule has 0 heterocycles. The Labute approximate surface area is 146 Å². The van der Waals surface area contributed by atoms with Crippen LogP contribution in [-0.2, 0) is 12.8 Å². The van der Waals surface area contributed by atoms with Crippen molar-refractivity contribution in [3.63, 3.8) is 0 Å². The summed E-state index contributed by atoms with van der Waals surface area (Å²) in [5.41, 5.74) is 2.89. The van der Waals surface area contributed by atoms with Gasteiger partial charge in [0, 0.05) is 0 Å². The maximum Gasteiger partial charge on any atom is 0.196 e. The van der Waals surface area contributed by atoms with Gasteiger partial charge in [-0.25, -0.2) is 0 Å². The van der Waals surface area contributed by atoms with Crippen LogP contribution in [0.2, 0.25) is 0 Å². The first-order chi connectivity index (χ1) is 11.7. The predicted molar refractivity (Wildman–Crippen MR) is 98.2 cm³/mol. The van der Waals surface area contributed by atoms with Crippen LogP contribution in [0.3, 0.4) is 0 Å². The van der Waals surface area contributed by atoms with Crippen LogP contribution in [0, 0.1) is 23.2 Å². The van der Waals surface area contributed by atoms with Crippen molar-refractivity contribution in [1.29, 1.82) is 5.26 Å². The topological polar surface area (TPSA) is 23.8 Å². The lowest BCUT2D eigenvalue weighted by Gasteiger charge is -2.26. The first-order valence-corrected chi connectivity index (χ1v) is 9.56. The van der Waals surface area contributed by atoms with Gasteiger partial charge in [-0.1, -0.05) is 44.0 Å². The molecule has 1 aromatic rings. The summed E-state index contributed by atoms with van der Waals surface area (Å²) in [6.07, 6.45) is 13.4. The van der Waals surface area contributed by atoms with Crippen molar-refractivity contribution in [1.82, 2.24) is 0 Å². The third-order valence-electron chi connectivity index (χ3n) is 5.31. The van der Waals surface area contributed by atoms with Gasteiger partial charge in [0.2, 0.25) is 0 Å². The quantitative estimate of drug-likeness (QED) is 0.393. The fraction of sp³-hybridized carbons (Fsp3) is 0.591. The van der Waals surface area contributed by atoms with Gasteiger partial charge in [0.1, 0.15) is 6.07 Å². The highest BCUT2D eigenvalue weighted by Crippen LogP contribution is 2.33. The molecule has 1 saturated carbocycles. The van der Waals surface area contributed by atoms with Crippen LogP contribution in [-0.4, -0.2) is 0 Å². The van der Waals surface area contributed by atoms with E-state index < -0.39 is 5.83 Å². The number of halogens is 1. The molecule has 0 atom stereocenters. The van der Waals surface area contributed by atoms with E-state index in [4.69, 9.17) is 5.26 Å². The summed E-state index contributed by atoms with van der Waals surface area (Å²) >= 11 is 0. The van der Waals surface area contributed by atoms with E-state index in [-0.39, 0.29) is 5.92 Å². The number of hydrogen-bond donors (Lipinski definition) is 0. The first-order valence-electron chi connectivity index (χ1n) is 9.56. The third-order valence-corrected chi connectivity index (χ3v) is 5.31. The molecule has 0 radical (unpaired) electrons. The average molecular weight is 327 g/mol.